The van der Waals surface area contributed by atoms with Gasteiger partial charge >= 0.3 is 0 Å². The Labute approximate surface area is 115 Å². The molecule has 1 saturated heterocycles. The van der Waals surface area contributed by atoms with E-state index in [2.05, 4.69) is 10.6 Å². The number of amides is 1. The Kier molecular flexibility index (Phi) is 4.32. The Balaban J connectivity index is 2.21. The molecule has 1 aromatic rings. The summed E-state index contributed by atoms with van der Waals surface area (Å²) in [5, 5.41) is 5.55. The normalized spacial score (nSPS) is 17.8. The van der Waals surface area contributed by atoms with Crippen molar-refractivity contribution >= 4 is 11.6 Å². The minimum absolute atomic E-state index is 0.319. The predicted octanol–water partition coefficient (Wildman–Crippen LogP) is 2.82. The van der Waals surface area contributed by atoms with Crippen molar-refractivity contribution in [3.63, 3.8) is 0 Å². The number of nitrogens with one attached hydrogen (secondary N) is 2. The van der Waals surface area contributed by atoms with E-state index in [-0.39, 0.29) is 11.6 Å². The molecule has 0 saturated carbocycles. The third-order valence-corrected chi connectivity index (χ3v) is 4.00. The highest BCUT2D eigenvalue weighted by Crippen LogP contribution is 2.34. The average molecular weight is 286 g/mol. The fourth-order valence-corrected chi connectivity index (χ4v) is 2.52. The molecule has 2 N–H and O–H groups in total. The molecule has 20 heavy (non-hydrogen) atoms. The van der Waals surface area contributed by atoms with Gasteiger partial charge in [0.25, 0.3) is 0 Å². The average Bonchev–Trinajstić information content (AvgIpc) is 2.48. The molecule has 6 heteroatoms. The Morgan fingerprint density at radius 2 is 1.90 bits per heavy atom. The number of carbonyl (C=O) groups is 1. The van der Waals surface area contributed by atoms with Crippen LogP contribution in [0.2, 0.25) is 0 Å². The maximum atomic E-state index is 13.6. The second-order valence-corrected chi connectivity index (χ2v) is 5.06. The van der Waals surface area contributed by atoms with Crippen LogP contribution in [-0.4, -0.2) is 19.0 Å². The fourth-order valence-electron chi connectivity index (χ4n) is 2.52. The predicted molar refractivity (Wildman–Crippen MR) is 69.8 cm³/mol. The third-order valence-electron chi connectivity index (χ3n) is 4.00. The minimum Gasteiger partial charge on any atom is -0.323 e. The SMILES string of the molecule is CCC1(C(=O)Nc2ccc(F)c(F)c2F)CCNCC1. The van der Waals surface area contributed by atoms with Crippen molar-refractivity contribution < 1.29 is 18.0 Å². The molecule has 0 bridgehead atoms. The van der Waals surface area contributed by atoms with E-state index in [0.717, 1.165) is 12.1 Å². The highest BCUT2D eigenvalue weighted by Gasteiger charge is 2.38. The second-order valence-electron chi connectivity index (χ2n) is 5.06. The van der Waals surface area contributed by atoms with E-state index in [1.165, 1.54) is 0 Å². The summed E-state index contributed by atoms with van der Waals surface area (Å²) in [5.74, 6) is -4.55. The fraction of sp³-hybridized carbons (Fsp3) is 0.500. The first kappa shape index (κ1) is 14.8. The van der Waals surface area contributed by atoms with E-state index in [1.807, 2.05) is 6.92 Å². The first-order valence-electron chi connectivity index (χ1n) is 6.66. The van der Waals surface area contributed by atoms with Crippen molar-refractivity contribution in [3.05, 3.63) is 29.6 Å². The van der Waals surface area contributed by atoms with Crippen molar-refractivity contribution in [2.45, 2.75) is 26.2 Å². The number of hydrogen-bond donors (Lipinski definition) is 2. The van der Waals surface area contributed by atoms with E-state index in [9.17, 15) is 18.0 Å². The Bertz CT molecular complexity index is 513. The summed E-state index contributed by atoms with van der Waals surface area (Å²) in [4.78, 5) is 12.3. The summed E-state index contributed by atoms with van der Waals surface area (Å²) >= 11 is 0. The molecule has 1 amide bonds. The van der Waals surface area contributed by atoms with Gasteiger partial charge in [-0.15, -0.1) is 0 Å². The highest BCUT2D eigenvalue weighted by molar-refractivity contribution is 5.95. The molecule has 3 nitrogen and oxygen atoms in total. The van der Waals surface area contributed by atoms with Gasteiger partial charge in [0.15, 0.2) is 17.5 Å². The number of hydrogen-bond acceptors (Lipinski definition) is 2. The number of benzene rings is 1. The zero-order valence-corrected chi connectivity index (χ0v) is 11.2. The summed E-state index contributed by atoms with van der Waals surface area (Å²) in [6, 6.07) is 1.84. The lowest BCUT2D eigenvalue weighted by molar-refractivity contribution is -0.127. The Hall–Kier alpha value is -1.56. The number of halogens is 3. The largest absolute Gasteiger partial charge is 0.323 e. The molecular weight excluding hydrogens is 269 g/mol. The van der Waals surface area contributed by atoms with Crippen molar-refractivity contribution in [1.29, 1.82) is 0 Å². The molecule has 1 heterocycles. The molecule has 0 aliphatic carbocycles. The number of anilines is 1. The zero-order valence-electron chi connectivity index (χ0n) is 11.2. The van der Waals surface area contributed by atoms with Gasteiger partial charge in [-0.3, -0.25) is 4.79 Å². The molecule has 110 valence electrons. The molecule has 2 rings (SSSR count). The van der Waals surface area contributed by atoms with Gasteiger partial charge in [0, 0.05) is 0 Å². The zero-order chi connectivity index (χ0) is 14.8. The molecule has 0 unspecified atom stereocenters. The van der Waals surface area contributed by atoms with Crippen LogP contribution in [-0.2, 0) is 4.79 Å². The van der Waals surface area contributed by atoms with E-state index < -0.39 is 22.9 Å². The van der Waals surface area contributed by atoms with Gasteiger partial charge in [0.2, 0.25) is 5.91 Å². The maximum absolute atomic E-state index is 13.6. The van der Waals surface area contributed by atoms with Gasteiger partial charge in [-0.25, -0.2) is 13.2 Å². The number of piperidine rings is 1. The highest BCUT2D eigenvalue weighted by atomic mass is 19.2. The van der Waals surface area contributed by atoms with Crippen LogP contribution in [0.5, 0.6) is 0 Å². The number of carbonyl (C=O) groups excluding carboxylic acids is 1. The lowest BCUT2D eigenvalue weighted by Gasteiger charge is -2.35. The van der Waals surface area contributed by atoms with Crippen molar-refractivity contribution in [2.24, 2.45) is 5.41 Å². The topological polar surface area (TPSA) is 41.1 Å². The van der Waals surface area contributed by atoms with Gasteiger partial charge in [-0.1, -0.05) is 6.92 Å². The van der Waals surface area contributed by atoms with Gasteiger partial charge in [-0.2, -0.15) is 0 Å². The molecule has 1 aliphatic rings. The second kappa shape index (κ2) is 5.83. The van der Waals surface area contributed by atoms with Crippen molar-refractivity contribution in [3.8, 4) is 0 Å². The first-order chi connectivity index (χ1) is 9.50. The molecule has 0 atom stereocenters. The Morgan fingerprint density at radius 1 is 1.25 bits per heavy atom. The summed E-state index contributed by atoms with van der Waals surface area (Å²) in [6.07, 6.45) is 1.90. The van der Waals surface area contributed by atoms with Crippen LogP contribution in [0.4, 0.5) is 18.9 Å². The smallest absolute Gasteiger partial charge is 0.230 e. The van der Waals surface area contributed by atoms with Crippen LogP contribution < -0.4 is 10.6 Å². The number of rotatable bonds is 3. The summed E-state index contributed by atoms with van der Waals surface area (Å²) in [5.41, 5.74) is -0.900. The van der Waals surface area contributed by atoms with Crippen LogP contribution >= 0.6 is 0 Å². The van der Waals surface area contributed by atoms with Crippen molar-refractivity contribution in [1.82, 2.24) is 5.32 Å². The van der Waals surface area contributed by atoms with E-state index in [1.54, 1.807) is 0 Å². The molecule has 0 aromatic heterocycles. The van der Waals surface area contributed by atoms with Gasteiger partial charge in [0.1, 0.15) is 0 Å². The maximum Gasteiger partial charge on any atom is 0.230 e. The van der Waals surface area contributed by atoms with E-state index in [0.29, 0.717) is 32.4 Å². The summed E-state index contributed by atoms with van der Waals surface area (Å²) in [6.45, 7) is 3.32. The molecular formula is C14H17F3N2O. The Morgan fingerprint density at radius 3 is 2.50 bits per heavy atom. The monoisotopic (exact) mass is 286 g/mol. The first-order valence-corrected chi connectivity index (χ1v) is 6.66. The third kappa shape index (κ3) is 2.65. The molecule has 1 fully saturated rings. The van der Waals surface area contributed by atoms with Gasteiger partial charge in [0.05, 0.1) is 11.1 Å². The van der Waals surface area contributed by atoms with Gasteiger partial charge < -0.3 is 10.6 Å². The lowest BCUT2D eigenvalue weighted by atomic mass is 9.76. The van der Waals surface area contributed by atoms with Crippen LogP contribution in [0, 0.1) is 22.9 Å². The van der Waals surface area contributed by atoms with E-state index >= 15 is 0 Å². The van der Waals surface area contributed by atoms with Crippen LogP contribution in [0.1, 0.15) is 26.2 Å². The van der Waals surface area contributed by atoms with E-state index in [4.69, 9.17) is 0 Å². The van der Waals surface area contributed by atoms with Crippen molar-refractivity contribution in [2.75, 3.05) is 18.4 Å². The quantitative estimate of drug-likeness (QED) is 0.839. The standard InChI is InChI=1S/C14H17F3N2O/c1-2-14(5-7-18-8-6-14)13(20)19-10-4-3-9(15)11(16)12(10)17/h3-4,18H,2,5-8H2,1H3,(H,19,20). The minimum atomic E-state index is -1.57. The summed E-state index contributed by atoms with van der Waals surface area (Å²) < 4.78 is 39.6. The van der Waals surface area contributed by atoms with Crippen LogP contribution in [0.3, 0.4) is 0 Å². The molecule has 0 radical (unpaired) electrons. The van der Waals surface area contributed by atoms with Crippen LogP contribution in [0.15, 0.2) is 12.1 Å². The molecule has 0 spiro atoms. The van der Waals surface area contributed by atoms with Crippen LogP contribution in [0.25, 0.3) is 0 Å². The molecule has 1 aliphatic heterocycles. The lowest BCUT2D eigenvalue weighted by Crippen LogP contribution is -2.44. The van der Waals surface area contributed by atoms with Gasteiger partial charge in [-0.05, 0) is 44.5 Å². The summed E-state index contributed by atoms with van der Waals surface area (Å²) in [7, 11) is 0. The molecule has 1 aromatic carbocycles.